The molecular weight excluding hydrogens is 140 g/mol. The summed E-state index contributed by atoms with van der Waals surface area (Å²) < 4.78 is 5.29. The third-order valence-electron chi connectivity index (χ3n) is 1.29. The Kier molecular flexibility index (Phi) is 4.38. The smallest absolute Gasteiger partial charge is 0.0648 e. The van der Waals surface area contributed by atoms with Gasteiger partial charge in [0.25, 0.3) is 0 Å². The summed E-state index contributed by atoms with van der Waals surface area (Å²) >= 11 is 0. The minimum Gasteiger partial charge on any atom is -0.390 e. The molecule has 0 aromatic heterocycles. The van der Waals surface area contributed by atoms with E-state index in [9.17, 15) is 5.11 Å². The van der Waals surface area contributed by atoms with E-state index in [0.717, 1.165) is 0 Å². The zero-order valence-electron chi connectivity index (χ0n) is 7.63. The second-order valence-corrected chi connectivity index (χ2v) is 3.45. The van der Waals surface area contributed by atoms with Crippen molar-refractivity contribution in [2.75, 3.05) is 6.61 Å². The van der Waals surface area contributed by atoms with Crippen molar-refractivity contribution in [1.29, 1.82) is 0 Å². The molecule has 0 aromatic rings. The van der Waals surface area contributed by atoms with E-state index in [-0.39, 0.29) is 6.10 Å². The average molecular weight is 158 g/mol. The highest BCUT2D eigenvalue weighted by Crippen LogP contribution is 2.12. The molecule has 0 radical (unpaired) electrons. The van der Waals surface area contributed by atoms with Crippen LogP contribution in [0.25, 0.3) is 0 Å². The Morgan fingerprint density at radius 1 is 1.64 bits per heavy atom. The summed E-state index contributed by atoms with van der Waals surface area (Å²) in [6.07, 6.45) is 2.45. The van der Waals surface area contributed by atoms with Gasteiger partial charge >= 0.3 is 0 Å². The van der Waals surface area contributed by atoms with E-state index < -0.39 is 5.60 Å². The van der Waals surface area contributed by atoms with Crippen LogP contribution < -0.4 is 0 Å². The maximum Gasteiger partial charge on any atom is 0.0648 e. The van der Waals surface area contributed by atoms with Gasteiger partial charge in [-0.1, -0.05) is 6.08 Å². The van der Waals surface area contributed by atoms with Gasteiger partial charge in [-0.15, -0.1) is 6.58 Å². The van der Waals surface area contributed by atoms with Crippen LogP contribution in [-0.4, -0.2) is 23.4 Å². The highest BCUT2D eigenvalue weighted by atomic mass is 16.5. The van der Waals surface area contributed by atoms with Crippen LogP contribution in [0.5, 0.6) is 0 Å². The van der Waals surface area contributed by atoms with Gasteiger partial charge in [-0.05, 0) is 20.8 Å². The molecule has 0 rings (SSSR count). The standard InChI is InChI=1S/C9H18O2/c1-5-6-11-8(2)7-9(3,4)10/h5,8,10H,1,6-7H2,2-4H3/t8-/m1/s1. The molecule has 0 bridgehead atoms. The molecule has 66 valence electrons. The summed E-state index contributed by atoms with van der Waals surface area (Å²) in [7, 11) is 0. The zero-order valence-corrected chi connectivity index (χ0v) is 7.63. The van der Waals surface area contributed by atoms with Crippen molar-refractivity contribution in [1.82, 2.24) is 0 Å². The van der Waals surface area contributed by atoms with Crippen LogP contribution in [0.15, 0.2) is 12.7 Å². The monoisotopic (exact) mass is 158 g/mol. The summed E-state index contributed by atoms with van der Waals surface area (Å²) in [5.74, 6) is 0. The van der Waals surface area contributed by atoms with Crippen LogP contribution in [0.4, 0.5) is 0 Å². The Morgan fingerprint density at radius 3 is 2.55 bits per heavy atom. The molecule has 0 aliphatic rings. The van der Waals surface area contributed by atoms with Crippen LogP contribution >= 0.6 is 0 Å². The number of ether oxygens (including phenoxy) is 1. The molecule has 11 heavy (non-hydrogen) atoms. The third kappa shape index (κ3) is 7.56. The number of hydrogen-bond donors (Lipinski definition) is 1. The largest absolute Gasteiger partial charge is 0.390 e. The van der Waals surface area contributed by atoms with Crippen molar-refractivity contribution in [2.24, 2.45) is 0 Å². The van der Waals surface area contributed by atoms with E-state index >= 15 is 0 Å². The molecule has 2 heteroatoms. The van der Waals surface area contributed by atoms with E-state index in [2.05, 4.69) is 6.58 Å². The first kappa shape index (κ1) is 10.7. The van der Waals surface area contributed by atoms with Gasteiger partial charge in [0.1, 0.15) is 0 Å². The van der Waals surface area contributed by atoms with Crippen molar-refractivity contribution < 1.29 is 9.84 Å². The van der Waals surface area contributed by atoms with E-state index in [1.54, 1.807) is 19.9 Å². The average Bonchev–Trinajstić information content (AvgIpc) is 1.79. The molecule has 1 N–H and O–H groups in total. The molecule has 0 unspecified atom stereocenters. The Bertz CT molecular complexity index is 113. The Morgan fingerprint density at radius 2 is 2.18 bits per heavy atom. The maximum atomic E-state index is 9.38. The highest BCUT2D eigenvalue weighted by molar-refractivity contribution is 4.71. The van der Waals surface area contributed by atoms with Crippen molar-refractivity contribution in [3.63, 3.8) is 0 Å². The Hall–Kier alpha value is -0.340. The van der Waals surface area contributed by atoms with E-state index in [1.807, 2.05) is 6.92 Å². The lowest BCUT2D eigenvalue weighted by molar-refractivity contribution is -0.00357. The topological polar surface area (TPSA) is 29.5 Å². The fourth-order valence-corrected chi connectivity index (χ4v) is 0.995. The molecule has 0 heterocycles. The second kappa shape index (κ2) is 4.52. The molecule has 0 aliphatic heterocycles. The molecule has 0 saturated carbocycles. The van der Waals surface area contributed by atoms with Crippen molar-refractivity contribution in [3.05, 3.63) is 12.7 Å². The third-order valence-corrected chi connectivity index (χ3v) is 1.29. The Labute approximate surface area is 68.9 Å². The van der Waals surface area contributed by atoms with Crippen LogP contribution in [0, 0.1) is 0 Å². The lowest BCUT2D eigenvalue weighted by Gasteiger charge is -2.21. The predicted octanol–water partition coefficient (Wildman–Crippen LogP) is 1.74. The molecule has 0 fully saturated rings. The van der Waals surface area contributed by atoms with Gasteiger partial charge in [0.2, 0.25) is 0 Å². The van der Waals surface area contributed by atoms with Gasteiger partial charge in [-0.3, -0.25) is 0 Å². The van der Waals surface area contributed by atoms with Gasteiger partial charge < -0.3 is 9.84 Å². The fourth-order valence-electron chi connectivity index (χ4n) is 0.995. The quantitative estimate of drug-likeness (QED) is 0.617. The second-order valence-electron chi connectivity index (χ2n) is 3.45. The van der Waals surface area contributed by atoms with Gasteiger partial charge in [0.05, 0.1) is 18.3 Å². The molecule has 2 nitrogen and oxygen atoms in total. The van der Waals surface area contributed by atoms with Gasteiger partial charge in [-0.25, -0.2) is 0 Å². The molecule has 0 saturated heterocycles. The molecule has 0 spiro atoms. The van der Waals surface area contributed by atoms with Gasteiger partial charge in [0.15, 0.2) is 0 Å². The van der Waals surface area contributed by atoms with Gasteiger partial charge in [-0.2, -0.15) is 0 Å². The van der Waals surface area contributed by atoms with Crippen LogP contribution in [-0.2, 0) is 4.74 Å². The lowest BCUT2D eigenvalue weighted by Crippen LogP contribution is -2.26. The summed E-state index contributed by atoms with van der Waals surface area (Å²) in [4.78, 5) is 0. The SMILES string of the molecule is C=CCO[C@H](C)CC(C)(C)O. The first-order valence-electron chi connectivity index (χ1n) is 3.90. The minimum atomic E-state index is -0.638. The number of hydrogen-bond acceptors (Lipinski definition) is 2. The normalized spacial score (nSPS) is 14.5. The lowest BCUT2D eigenvalue weighted by atomic mass is 10.0. The molecule has 0 amide bonds. The molecule has 1 atom stereocenters. The molecular formula is C9H18O2. The fraction of sp³-hybridized carbons (Fsp3) is 0.778. The maximum absolute atomic E-state index is 9.38. The summed E-state index contributed by atoms with van der Waals surface area (Å²) in [5.41, 5.74) is -0.638. The summed E-state index contributed by atoms with van der Waals surface area (Å²) in [6, 6.07) is 0. The van der Waals surface area contributed by atoms with Gasteiger partial charge in [0, 0.05) is 6.42 Å². The molecule has 0 aliphatic carbocycles. The van der Waals surface area contributed by atoms with Crippen molar-refractivity contribution in [3.8, 4) is 0 Å². The van der Waals surface area contributed by atoms with Crippen LogP contribution in [0.3, 0.4) is 0 Å². The number of rotatable bonds is 5. The minimum absolute atomic E-state index is 0.0907. The van der Waals surface area contributed by atoms with Crippen LogP contribution in [0.2, 0.25) is 0 Å². The van der Waals surface area contributed by atoms with Crippen LogP contribution in [0.1, 0.15) is 27.2 Å². The zero-order chi connectivity index (χ0) is 8.91. The Balaban J connectivity index is 3.51. The first-order chi connectivity index (χ1) is 4.95. The summed E-state index contributed by atoms with van der Waals surface area (Å²) in [6.45, 7) is 9.60. The highest BCUT2D eigenvalue weighted by Gasteiger charge is 2.16. The van der Waals surface area contributed by atoms with Crippen molar-refractivity contribution in [2.45, 2.75) is 38.9 Å². The van der Waals surface area contributed by atoms with E-state index in [1.165, 1.54) is 0 Å². The predicted molar refractivity (Wildman–Crippen MR) is 46.5 cm³/mol. The molecule has 0 aromatic carbocycles. The van der Waals surface area contributed by atoms with E-state index in [4.69, 9.17) is 4.74 Å². The van der Waals surface area contributed by atoms with Crippen molar-refractivity contribution >= 4 is 0 Å². The summed E-state index contributed by atoms with van der Waals surface area (Å²) in [5, 5.41) is 9.38. The van der Waals surface area contributed by atoms with E-state index in [0.29, 0.717) is 13.0 Å². The first-order valence-corrected chi connectivity index (χ1v) is 3.90. The number of aliphatic hydroxyl groups is 1.